The summed E-state index contributed by atoms with van der Waals surface area (Å²) in [5, 5.41) is 11.4. The predicted molar refractivity (Wildman–Crippen MR) is 155 cm³/mol. The minimum absolute atomic E-state index is 0.00788. The Labute approximate surface area is 228 Å². The molecule has 39 heavy (non-hydrogen) atoms. The van der Waals surface area contributed by atoms with Gasteiger partial charge in [-0.25, -0.2) is 4.98 Å². The van der Waals surface area contributed by atoms with Crippen molar-refractivity contribution < 1.29 is 4.79 Å². The van der Waals surface area contributed by atoms with Crippen molar-refractivity contribution in [2.45, 2.75) is 31.7 Å². The van der Waals surface area contributed by atoms with Crippen molar-refractivity contribution in [3.8, 4) is 22.4 Å². The maximum absolute atomic E-state index is 12.8. The van der Waals surface area contributed by atoms with Gasteiger partial charge in [0, 0.05) is 41.0 Å². The minimum Gasteiger partial charge on any atom is -0.346 e. The molecular formula is C33H29N5O. The van der Waals surface area contributed by atoms with Gasteiger partial charge in [-0.05, 0) is 54.7 Å². The molecule has 0 spiro atoms. The molecule has 0 atom stereocenters. The number of amides is 1. The predicted octanol–water partition coefficient (Wildman–Crippen LogP) is 6.41. The van der Waals surface area contributed by atoms with Crippen LogP contribution in [-0.2, 0) is 16.8 Å². The van der Waals surface area contributed by atoms with Crippen LogP contribution in [0.2, 0.25) is 0 Å². The Kier molecular flexibility index (Phi) is 6.15. The lowest BCUT2D eigenvalue weighted by molar-refractivity contribution is -0.121. The monoisotopic (exact) mass is 511 g/mol. The van der Waals surface area contributed by atoms with E-state index in [0.29, 0.717) is 12.3 Å². The number of hydrogen-bond acceptors (Lipinski definition) is 4. The summed E-state index contributed by atoms with van der Waals surface area (Å²) in [5.41, 5.74) is 8.15. The maximum Gasteiger partial charge on any atom is 0.225 e. The van der Waals surface area contributed by atoms with Gasteiger partial charge in [0.2, 0.25) is 5.91 Å². The first-order valence-corrected chi connectivity index (χ1v) is 13.1. The van der Waals surface area contributed by atoms with E-state index in [1.165, 1.54) is 0 Å². The van der Waals surface area contributed by atoms with Crippen LogP contribution in [0.5, 0.6) is 0 Å². The van der Waals surface area contributed by atoms with Crippen LogP contribution in [-0.4, -0.2) is 26.6 Å². The van der Waals surface area contributed by atoms with Crippen LogP contribution in [0, 0.1) is 5.41 Å². The molecule has 1 amide bonds. The van der Waals surface area contributed by atoms with E-state index in [1.807, 2.05) is 42.6 Å². The number of carbonyl (C=O) groups is 1. The SMILES string of the molecule is C=C1c2cc(-c3ccccc3)c(-c3ccc(C4(NC(=O)Cc5cccnc5)CC4)cc3)nc2C=CN1C(C)=N. The molecule has 0 radical (unpaired) electrons. The summed E-state index contributed by atoms with van der Waals surface area (Å²) in [4.78, 5) is 23.7. The molecule has 0 bridgehead atoms. The first-order chi connectivity index (χ1) is 18.9. The van der Waals surface area contributed by atoms with Gasteiger partial charge in [-0.1, -0.05) is 67.2 Å². The third-order valence-electron chi connectivity index (χ3n) is 7.41. The zero-order valence-electron chi connectivity index (χ0n) is 21.8. The molecule has 2 aliphatic rings. The zero-order valence-corrected chi connectivity index (χ0v) is 21.8. The number of rotatable bonds is 6. The van der Waals surface area contributed by atoms with Crippen molar-refractivity contribution in [2.24, 2.45) is 0 Å². The number of nitrogens with zero attached hydrogens (tertiary/aromatic N) is 3. The van der Waals surface area contributed by atoms with E-state index >= 15 is 0 Å². The number of aromatic nitrogens is 2. The average molecular weight is 512 g/mol. The Morgan fingerprint density at radius 1 is 1.03 bits per heavy atom. The lowest BCUT2D eigenvalue weighted by atomic mass is 9.93. The van der Waals surface area contributed by atoms with E-state index < -0.39 is 0 Å². The van der Waals surface area contributed by atoms with Gasteiger partial charge in [0.1, 0.15) is 5.84 Å². The molecule has 1 aliphatic heterocycles. The fourth-order valence-electron chi connectivity index (χ4n) is 5.18. The number of fused-ring (bicyclic) bond motifs is 1. The van der Waals surface area contributed by atoms with Crippen molar-refractivity contribution in [1.29, 1.82) is 5.41 Å². The molecule has 4 aromatic rings. The molecule has 0 saturated heterocycles. The van der Waals surface area contributed by atoms with E-state index in [1.54, 1.807) is 24.2 Å². The summed E-state index contributed by atoms with van der Waals surface area (Å²) < 4.78 is 0. The highest BCUT2D eigenvalue weighted by Crippen LogP contribution is 2.46. The van der Waals surface area contributed by atoms with Crippen molar-refractivity contribution in [3.05, 3.63) is 120 Å². The zero-order chi connectivity index (χ0) is 27.0. The average Bonchev–Trinajstić information content (AvgIpc) is 3.74. The topological polar surface area (TPSA) is 82.0 Å². The van der Waals surface area contributed by atoms with Crippen molar-refractivity contribution in [3.63, 3.8) is 0 Å². The summed E-state index contributed by atoms with van der Waals surface area (Å²) in [6.45, 7) is 5.99. The first-order valence-electron chi connectivity index (χ1n) is 13.1. The van der Waals surface area contributed by atoms with Gasteiger partial charge in [-0.15, -0.1) is 0 Å². The highest BCUT2D eigenvalue weighted by molar-refractivity contribution is 5.94. The van der Waals surface area contributed by atoms with Gasteiger partial charge in [0.15, 0.2) is 0 Å². The summed E-state index contributed by atoms with van der Waals surface area (Å²) in [6.07, 6.45) is 9.40. The van der Waals surface area contributed by atoms with E-state index in [9.17, 15) is 4.79 Å². The van der Waals surface area contributed by atoms with Crippen LogP contribution < -0.4 is 5.32 Å². The molecule has 1 aliphatic carbocycles. The summed E-state index contributed by atoms with van der Waals surface area (Å²) >= 11 is 0. The molecule has 3 heterocycles. The molecule has 2 N–H and O–H groups in total. The second-order valence-corrected chi connectivity index (χ2v) is 10.1. The van der Waals surface area contributed by atoms with Crippen LogP contribution in [0.3, 0.4) is 0 Å². The third kappa shape index (κ3) is 4.77. The summed E-state index contributed by atoms with van der Waals surface area (Å²) in [6, 6.07) is 24.5. The summed E-state index contributed by atoms with van der Waals surface area (Å²) in [7, 11) is 0. The second-order valence-electron chi connectivity index (χ2n) is 10.1. The molecule has 2 aromatic carbocycles. The first kappa shape index (κ1) is 24.5. The van der Waals surface area contributed by atoms with Gasteiger partial charge in [0.25, 0.3) is 0 Å². The number of carbonyl (C=O) groups excluding carboxylic acids is 1. The van der Waals surface area contributed by atoms with Crippen molar-refractivity contribution in [2.75, 3.05) is 0 Å². The fourth-order valence-corrected chi connectivity index (χ4v) is 5.18. The Morgan fingerprint density at radius 2 is 1.79 bits per heavy atom. The fraction of sp³-hybridized carbons (Fsp3) is 0.152. The van der Waals surface area contributed by atoms with Crippen LogP contribution in [0.1, 0.15) is 42.1 Å². The van der Waals surface area contributed by atoms with E-state index in [0.717, 1.165) is 63.3 Å². The molecule has 6 rings (SSSR count). The normalized spacial score (nSPS) is 15.0. The van der Waals surface area contributed by atoms with E-state index in [4.69, 9.17) is 10.4 Å². The smallest absolute Gasteiger partial charge is 0.225 e. The van der Waals surface area contributed by atoms with E-state index in [2.05, 4.69) is 59.3 Å². The third-order valence-corrected chi connectivity index (χ3v) is 7.41. The largest absolute Gasteiger partial charge is 0.346 e. The molecule has 6 nitrogen and oxygen atoms in total. The van der Waals surface area contributed by atoms with Crippen LogP contribution in [0.25, 0.3) is 34.2 Å². The van der Waals surface area contributed by atoms with Crippen LogP contribution >= 0.6 is 0 Å². The number of amidine groups is 1. The van der Waals surface area contributed by atoms with Crippen molar-refractivity contribution >= 4 is 23.5 Å². The summed E-state index contributed by atoms with van der Waals surface area (Å²) in [5.74, 6) is 0.415. The molecule has 2 aromatic heterocycles. The molecule has 1 fully saturated rings. The van der Waals surface area contributed by atoms with Crippen LogP contribution in [0.4, 0.5) is 0 Å². The number of pyridine rings is 2. The lowest BCUT2D eigenvalue weighted by Gasteiger charge is -2.27. The van der Waals surface area contributed by atoms with Gasteiger partial charge >= 0.3 is 0 Å². The number of nitrogens with one attached hydrogen (secondary N) is 2. The Bertz CT molecular complexity index is 1600. The number of hydrogen-bond donors (Lipinski definition) is 2. The minimum atomic E-state index is -0.308. The quantitative estimate of drug-likeness (QED) is 0.231. The maximum atomic E-state index is 12.8. The molecule has 1 saturated carbocycles. The van der Waals surface area contributed by atoms with E-state index in [-0.39, 0.29) is 11.4 Å². The standard InChI is InChI=1S/C33H29N5O/c1-22-28-20-29(25-8-4-3-5-9-25)32(36-30(28)14-18-38(22)23(2)34)26-10-12-27(13-11-26)33(15-16-33)37-31(39)19-24-7-6-17-35-21-24/h3-14,17-18,20-21,34H,1,15-16,19H2,2H3,(H,37,39). The molecule has 6 heteroatoms. The Balaban J connectivity index is 1.32. The lowest BCUT2D eigenvalue weighted by Crippen LogP contribution is -2.35. The number of benzene rings is 2. The second kappa shape index (κ2) is 9.80. The molecular weight excluding hydrogens is 482 g/mol. The highest BCUT2D eigenvalue weighted by Gasteiger charge is 2.45. The Morgan fingerprint density at radius 3 is 2.46 bits per heavy atom. The highest BCUT2D eigenvalue weighted by atomic mass is 16.1. The van der Waals surface area contributed by atoms with Gasteiger partial charge in [-0.3, -0.25) is 15.2 Å². The van der Waals surface area contributed by atoms with Gasteiger partial charge < -0.3 is 10.2 Å². The molecule has 192 valence electrons. The van der Waals surface area contributed by atoms with Gasteiger partial charge in [-0.2, -0.15) is 0 Å². The molecule has 0 unspecified atom stereocenters. The Hall–Kier alpha value is -4.84. The van der Waals surface area contributed by atoms with Gasteiger partial charge in [0.05, 0.1) is 23.3 Å². The van der Waals surface area contributed by atoms with Crippen molar-refractivity contribution in [1.82, 2.24) is 20.2 Å². The van der Waals surface area contributed by atoms with Crippen LogP contribution in [0.15, 0.2) is 98.0 Å².